The number of nitrogens with one attached hydrogen (secondary N) is 4. The first kappa shape index (κ1) is 55.1. The molecule has 74 heavy (non-hydrogen) atoms. The molecule has 2 aliphatic heterocycles. The lowest BCUT2D eigenvalue weighted by Crippen LogP contribution is -2.62. The van der Waals surface area contributed by atoms with Crippen LogP contribution < -0.4 is 21.3 Å². The minimum Gasteiger partial charge on any atom is -0.343 e. The van der Waals surface area contributed by atoms with E-state index in [1.54, 1.807) is 31.3 Å². The Bertz CT molecular complexity index is 2730. The van der Waals surface area contributed by atoms with E-state index >= 15 is 14.4 Å². The van der Waals surface area contributed by atoms with E-state index in [9.17, 15) is 19.2 Å². The van der Waals surface area contributed by atoms with E-state index < -0.39 is 89.2 Å². The molecule has 1 aliphatic carbocycles. The van der Waals surface area contributed by atoms with Crippen LogP contribution in [0.2, 0.25) is 0 Å². The standard InChI is InChI=1S/C57H78N10O7/c1-11-57(7,8)67-33-41(42-19-14-15-20-46(42)67)30-45-55(73)65(10)48(25-34(2)3)52(70)61-44(29-38-22-23-39-31-58-59-32-40(39)27-38)50(68)60-36(6)54(72)64(9)47-21-16-24-66(56(47)74)49(26-35(4)5)53(71)62-43(51(69)63-45)28-37-17-12-13-18-37/h11,14-15,19-20,22-23,27,31-37,43-45,47-49H,1,12-13,16-18,21,24-26,28-30H2,2-10H3,(H,60,68)(H,61,70)(H,62,71)(H,63,69)/t36-,43-,44-,45-,47-,48-,49-/m0/s1. The quantitative estimate of drug-likeness (QED) is 0.131. The molecule has 2 aromatic carbocycles. The number of fused-ring (bicyclic) bond motifs is 4. The molecule has 17 nitrogen and oxygen atoms in total. The summed E-state index contributed by atoms with van der Waals surface area (Å²) in [6, 6.07) is 5.74. The number of para-hydroxylation sites is 1. The molecule has 7 rings (SSSR count). The molecule has 4 heterocycles. The second kappa shape index (κ2) is 23.7. The number of aromatic nitrogens is 3. The maximum atomic E-state index is 15.5. The highest BCUT2D eigenvalue weighted by Gasteiger charge is 2.43. The minimum atomic E-state index is -1.23. The third kappa shape index (κ3) is 12.6. The molecule has 398 valence electrons. The van der Waals surface area contributed by atoms with Crippen molar-refractivity contribution >= 4 is 63.0 Å². The average molecular weight is 1020 g/mol. The number of amides is 7. The number of benzene rings is 2. The lowest BCUT2D eigenvalue weighted by molar-refractivity contribution is -0.153. The van der Waals surface area contributed by atoms with Gasteiger partial charge in [0.1, 0.15) is 42.3 Å². The highest BCUT2D eigenvalue weighted by molar-refractivity contribution is 5.99. The predicted molar refractivity (Wildman–Crippen MR) is 285 cm³/mol. The number of allylic oxidation sites excluding steroid dienone is 1. The number of carbonyl (C=O) groups excluding carboxylic acids is 7. The van der Waals surface area contributed by atoms with Crippen molar-refractivity contribution in [2.45, 2.75) is 167 Å². The molecule has 3 aliphatic rings. The second-order valence-electron chi connectivity index (χ2n) is 22.4. The molecule has 3 fully saturated rings. The summed E-state index contributed by atoms with van der Waals surface area (Å²) in [6.45, 7) is 17.8. The Morgan fingerprint density at radius 1 is 0.689 bits per heavy atom. The minimum absolute atomic E-state index is 0.0131. The van der Waals surface area contributed by atoms with Gasteiger partial charge in [0.25, 0.3) is 0 Å². The molecule has 2 bridgehead atoms. The summed E-state index contributed by atoms with van der Waals surface area (Å²) < 4.78 is 2.09. The zero-order valence-electron chi connectivity index (χ0n) is 44.9. The Labute approximate surface area is 436 Å². The van der Waals surface area contributed by atoms with Gasteiger partial charge in [0.15, 0.2) is 0 Å². The van der Waals surface area contributed by atoms with Crippen molar-refractivity contribution in [2.75, 3.05) is 20.6 Å². The largest absolute Gasteiger partial charge is 0.343 e. The van der Waals surface area contributed by atoms with Crippen LogP contribution in [0.4, 0.5) is 0 Å². The van der Waals surface area contributed by atoms with Gasteiger partial charge in [-0.25, -0.2) is 0 Å². The van der Waals surface area contributed by atoms with Gasteiger partial charge in [-0.15, -0.1) is 6.58 Å². The normalized spacial score (nSPS) is 24.8. The number of hydrogen-bond donors (Lipinski definition) is 4. The molecule has 7 amide bonds. The van der Waals surface area contributed by atoms with Crippen LogP contribution in [0.25, 0.3) is 21.7 Å². The summed E-state index contributed by atoms with van der Waals surface area (Å²) >= 11 is 0. The number of carbonyl (C=O) groups is 7. The Morgan fingerprint density at radius 3 is 2.00 bits per heavy atom. The summed E-state index contributed by atoms with van der Waals surface area (Å²) in [6.07, 6.45) is 12.5. The van der Waals surface area contributed by atoms with Crippen molar-refractivity contribution in [2.24, 2.45) is 17.8 Å². The molecule has 1 saturated carbocycles. The molecule has 4 aromatic rings. The number of piperidine rings is 1. The fourth-order valence-electron chi connectivity index (χ4n) is 11.1. The molecular weight excluding hydrogens is 937 g/mol. The third-order valence-corrected chi connectivity index (χ3v) is 15.5. The molecule has 0 unspecified atom stereocenters. The van der Waals surface area contributed by atoms with E-state index in [1.165, 1.54) is 16.8 Å². The zero-order chi connectivity index (χ0) is 53.6. The van der Waals surface area contributed by atoms with Crippen LogP contribution in [0.3, 0.4) is 0 Å². The average Bonchev–Trinajstić information content (AvgIpc) is 4.03. The SMILES string of the molecule is C=CC(C)(C)n1cc(C[C@@H]2NC(=O)[C@H](CC3CCCC3)NC(=O)[C@H](CC(C)C)N3CCC[C@@H](C3=O)N(C)C(=O)[C@H](C)NC(=O)[C@H](Cc3ccc4cnncc4c3)NC(=O)[C@H](CC(C)C)N(C)C2=O)c2ccccc21. The number of rotatable bonds is 12. The maximum Gasteiger partial charge on any atom is 0.246 e. The van der Waals surface area contributed by atoms with Crippen molar-refractivity contribution in [1.82, 2.24) is 50.7 Å². The van der Waals surface area contributed by atoms with Crippen LogP contribution in [0.1, 0.15) is 117 Å². The Hall–Kier alpha value is -6.65. The second-order valence-corrected chi connectivity index (χ2v) is 22.4. The Kier molecular flexibility index (Phi) is 17.6. The molecule has 0 spiro atoms. The van der Waals surface area contributed by atoms with E-state index in [0.29, 0.717) is 31.2 Å². The smallest absolute Gasteiger partial charge is 0.246 e. The van der Waals surface area contributed by atoms with Crippen molar-refractivity contribution < 1.29 is 33.6 Å². The van der Waals surface area contributed by atoms with E-state index in [2.05, 4.69) is 42.6 Å². The molecule has 17 heteroatoms. The number of hydrogen-bond acceptors (Lipinski definition) is 9. The van der Waals surface area contributed by atoms with Gasteiger partial charge in [-0.3, -0.25) is 33.6 Å². The first-order chi connectivity index (χ1) is 35.2. The lowest BCUT2D eigenvalue weighted by atomic mass is 9.94. The van der Waals surface area contributed by atoms with E-state index in [0.717, 1.165) is 52.9 Å². The van der Waals surface area contributed by atoms with Gasteiger partial charge in [-0.2, -0.15) is 10.2 Å². The highest BCUT2D eigenvalue weighted by atomic mass is 16.2. The highest BCUT2D eigenvalue weighted by Crippen LogP contribution is 2.32. The molecule has 2 saturated heterocycles. The summed E-state index contributed by atoms with van der Waals surface area (Å²) in [5.41, 5.74) is 1.84. The maximum absolute atomic E-state index is 15.5. The topological polar surface area (TPSA) is 208 Å². The molecule has 0 radical (unpaired) electrons. The van der Waals surface area contributed by atoms with Crippen molar-refractivity contribution in [3.05, 3.63) is 84.8 Å². The molecule has 2 aromatic heterocycles. The van der Waals surface area contributed by atoms with E-state index in [-0.39, 0.29) is 43.6 Å². The summed E-state index contributed by atoms with van der Waals surface area (Å²) in [5.74, 6) is -3.75. The van der Waals surface area contributed by atoms with Crippen LogP contribution in [-0.4, -0.2) is 134 Å². The van der Waals surface area contributed by atoms with Crippen LogP contribution in [0.5, 0.6) is 0 Å². The summed E-state index contributed by atoms with van der Waals surface area (Å²) in [7, 11) is 3.07. The Balaban J connectivity index is 1.34. The fraction of sp³-hybridized carbons (Fsp3) is 0.561. The number of nitrogens with zero attached hydrogens (tertiary/aromatic N) is 6. The summed E-state index contributed by atoms with van der Waals surface area (Å²) in [4.78, 5) is 108. The first-order valence-electron chi connectivity index (χ1n) is 26.6. The van der Waals surface area contributed by atoms with E-state index in [4.69, 9.17) is 0 Å². The lowest BCUT2D eigenvalue weighted by Gasteiger charge is -2.41. The zero-order valence-corrected chi connectivity index (χ0v) is 44.9. The van der Waals surface area contributed by atoms with Gasteiger partial charge in [0, 0.05) is 61.4 Å². The van der Waals surface area contributed by atoms with Crippen LogP contribution >= 0.6 is 0 Å². The predicted octanol–water partition coefficient (Wildman–Crippen LogP) is 5.58. The van der Waals surface area contributed by atoms with Crippen molar-refractivity contribution in [3.8, 4) is 0 Å². The molecule has 7 atom stereocenters. The molecule has 4 N–H and O–H groups in total. The summed E-state index contributed by atoms with van der Waals surface area (Å²) in [5, 5.41) is 22.5. The van der Waals surface area contributed by atoms with Crippen LogP contribution in [-0.2, 0) is 51.9 Å². The first-order valence-corrected chi connectivity index (χ1v) is 26.6. The van der Waals surface area contributed by atoms with Crippen LogP contribution in [0.15, 0.2) is 73.7 Å². The van der Waals surface area contributed by atoms with E-state index in [1.807, 2.05) is 96.3 Å². The van der Waals surface area contributed by atoms with Crippen molar-refractivity contribution in [3.63, 3.8) is 0 Å². The van der Waals surface area contributed by atoms with Gasteiger partial charge < -0.3 is 40.5 Å². The van der Waals surface area contributed by atoms with Gasteiger partial charge in [-0.1, -0.05) is 89.8 Å². The molecular formula is C57H78N10O7. The fourth-order valence-corrected chi connectivity index (χ4v) is 11.1. The number of likely N-dealkylation sites (N-methyl/N-ethyl adjacent to an activating group) is 2. The van der Waals surface area contributed by atoms with Gasteiger partial charge in [-0.05, 0) is 93.9 Å². The van der Waals surface area contributed by atoms with Crippen molar-refractivity contribution in [1.29, 1.82) is 0 Å². The Morgan fingerprint density at radius 2 is 1.31 bits per heavy atom. The van der Waals surface area contributed by atoms with Gasteiger partial charge >= 0.3 is 0 Å². The van der Waals surface area contributed by atoms with Gasteiger partial charge in [0.2, 0.25) is 41.4 Å². The monoisotopic (exact) mass is 1010 g/mol. The third-order valence-electron chi connectivity index (χ3n) is 15.5. The van der Waals surface area contributed by atoms with Gasteiger partial charge in [0.05, 0.1) is 17.9 Å². The van der Waals surface area contributed by atoms with Crippen LogP contribution in [0, 0.1) is 17.8 Å².